The van der Waals surface area contributed by atoms with E-state index in [2.05, 4.69) is 12.2 Å². The van der Waals surface area contributed by atoms with Crippen LogP contribution >= 0.6 is 0 Å². The molecule has 1 unspecified atom stereocenters. The van der Waals surface area contributed by atoms with Crippen molar-refractivity contribution in [2.24, 2.45) is 0 Å². The van der Waals surface area contributed by atoms with E-state index in [1.54, 1.807) is 24.3 Å². The van der Waals surface area contributed by atoms with E-state index in [4.69, 9.17) is 4.74 Å². The van der Waals surface area contributed by atoms with Crippen LogP contribution in [0.2, 0.25) is 0 Å². The molecular formula is C14H19NO3. The van der Waals surface area contributed by atoms with Crippen molar-refractivity contribution in [3.05, 3.63) is 29.8 Å². The molecule has 0 heterocycles. The van der Waals surface area contributed by atoms with Crippen LogP contribution in [-0.2, 0) is 4.79 Å². The quantitative estimate of drug-likeness (QED) is 0.644. The first-order chi connectivity index (χ1) is 8.54. The number of para-hydroxylation sites is 1. The fourth-order valence-electron chi connectivity index (χ4n) is 1.70. The minimum absolute atomic E-state index is 0.105. The summed E-state index contributed by atoms with van der Waals surface area (Å²) in [4.78, 5) is 23.0. The normalized spacial score (nSPS) is 11.7. The number of carbonyl (C=O) groups is 2. The van der Waals surface area contributed by atoms with Gasteiger partial charge in [-0.3, -0.25) is 9.59 Å². The van der Waals surface area contributed by atoms with Gasteiger partial charge in [-0.1, -0.05) is 25.5 Å². The zero-order chi connectivity index (χ0) is 13.5. The minimum atomic E-state index is -0.433. The molecule has 98 valence electrons. The maximum Gasteiger partial charge on any atom is 0.308 e. The third kappa shape index (κ3) is 4.20. The molecule has 0 bridgehead atoms. The van der Waals surface area contributed by atoms with Gasteiger partial charge in [0, 0.05) is 13.0 Å². The summed E-state index contributed by atoms with van der Waals surface area (Å²) in [5.74, 6) is -0.351. The first-order valence-electron chi connectivity index (χ1n) is 6.13. The molecule has 0 saturated carbocycles. The Balaban J connectivity index is 2.81. The smallest absolute Gasteiger partial charge is 0.308 e. The molecule has 1 amide bonds. The molecule has 0 saturated heterocycles. The van der Waals surface area contributed by atoms with Crippen LogP contribution in [0, 0.1) is 0 Å². The summed E-state index contributed by atoms with van der Waals surface area (Å²) in [6, 6.07) is 6.83. The van der Waals surface area contributed by atoms with Crippen molar-refractivity contribution in [2.75, 3.05) is 0 Å². The summed E-state index contributed by atoms with van der Waals surface area (Å²) in [5.41, 5.74) is 0.385. The van der Waals surface area contributed by atoms with Gasteiger partial charge in [0.25, 0.3) is 5.91 Å². The molecule has 1 rings (SSSR count). The van der Waals surface area contributed by atoms with Gasteiger partial charge >= 0.3 is 5.97 Å². The lowest BCUT2D eigenvalue weighted by molar-refractivity contribution is -0.131. The molecule has 18 heavy (non-hydrogen) atoms. The maximum absolute atomic E-state index is 12.0. The lowest BCUT2D eigenvalue weighted by Crippen LogP contribution is -2.32. The van der Waals surface area contributed by atoms with E-state index in [-0.39, 0.29) is 11.9 Å². The van der Waals surface area contributed by atoms with Crippen LogP contribution in [0.25, 0.3) is 0 Å². The van der Waals surface area contributed by atoms with Crippen LogP contribution < -0.4 is 10.1 Å². The Morgan fingerprint density at radius 2 is 2.00 bits per heavy atom. The third-order valence-corrected chi connectivity index (χ3v) is 2.48. The largest absolute Gasteiger partial charge is 0.426 e. The van der Waals surface area contributed by atoms with Gasteiger partial charge in [0.05, 0.1) is 5.56 Å². The number of hydrogen-bond acceptors (Lipinski definition) is 3. The van der Waals surface area contributed by atoms with E-state index in [0.717, 1.165) is 12.8 Å². The molecule has 0 aliphatic heterocycles. The second-order valence-corrected chi connectivity index (χ2v) is 4.25. The molecule has 0 aliphatic carbocycles. The van der Waals surface area contributed by atoms with Gasteiger partial charge in [0.1, 0.15) is 5.75 Å². The summed E-state index contributed by atoms with van der Waals surface area (Å²) in [7, 11) is 0. The van der Waals surface area contributed by atoms with E-state index < -0.39 is 5.97 Å². The highest BCUT2D eigenvalue weighted by molar-refractivity contribution is 5.97. The van der Waals surface area contributed by atoms with Gasteiger partial charge in [-0.15, -0.1) is 0 Å². The van der Waals surface area contributed by atoms with Crippen LogP contribution in [0.15, 0.2) is 24.3 Å². The topological polar surface area (TPSA) is 55.4 Å². The molecule has 1 aromatic rings. The summed E-state index contributed by atoms with van der Waals surface area (Å²) >= 11 is 0. The number of esters is 1. The maximum atomic E-state index is 12.0. The highest BCUT2D eigenvalue weighted by Gasteiger charge is 2.14. The Kier molecular flexibility index (Phi) is 5.36. The third-order valence-electron chi connectivity index (χ3n) is 2.48. The monoisotopic (exact) mass is 249 g/mol. The SMILES string of the molecule is CCCC(C)NC(=O)c1ccccc1OC(C)=O. The lowest BCUT2D eigenvalue weighted by atomic mass is 10.1. The van der Waals surface area contributed by atoms with Crippen molar-refractivity contribution in [3.8, 4) is 5.75 Å². The molecular weight excluding hydrogens is 230 g/mol. The predicted molar refractivity (Wildman–Crippen MR) is 69.6 cm³/mol. The fourth-order valence-corrected chi connectivity index (χ4v) is 1.70. The molecule has 4 heteroatoms. The van der Waals surface area contributed by atoms with E-state index in [1.165, 1.54) is 6.92 Å². The van der Waals surface area contributed by atoms with Crippen LogP contribution in [-0.4, -0.2) is 17.9 Å². The number of nitrogens with one attached hydrogen (secondary N) is 1. The number of carbonyl (C=O) groups excluding carboxylic acids is 2. The Labute approximate surface area is 107 Å². The number of benzene rings is 1. The van der Waals surface area contributed by atoms with Crippen molar-refractivity contribution in [3.63, 3.8) is 0 Å². The van der Waals surface area contributed by atoms with Gasteiger partial charge in [0.15, 0.2) is 0 Å². The van der Waals surface area contributed by atoms with Crippen LogP contribution in [0.4, 0.5) is 0 Å². The molecule has 0 radical (unpaired) electrons. The second kappa shape index (κ2) is 6.79. The molecule has 1 aromatic carbocycles. The Hall–Kier alpha value is -1.84. The molecule has 1 N–H and O–H groups in total. The lowest BCUT2D eigenvalue weighted by Gasteiger charge is -2.14. The van der Waals surface area contributed by atoms with Crippen molar-refractivity contribution in [1.82, 2.24) is 5.32 Å². The summed E-state index contributed by atoms with van der Waals surface area (Å²) in [6.07, 6.45) is 1.93. The number of hydrogen-bond donors (Lipinski definition) is 1. The van der Waals surface area contributed by atoms with Gasteiger partial charge in [-0.25, -0.2) is 0 Å². The molecule has 0 aliphatic rings. The van der Waals surface area contributed by atoms with Gasteiger partial charge in [-0.2, -0.15) is 0 Å². The highest BCUT2D eigenvalue weighted by atomic mass is 16.5. The fraction of sp³-hybridized carbons (Fsp3) is 0.429. The highest BCUT2D eigenvalue weighted by Crippen LogP contribution is 2.18. The van der Waals surface area contributed by atoms with E-state index in [0.29, 0.717) is 11.3 Å². The molecule has 0 aromatic heterocycles. The minimum Gasteiger partial charge on any atom is -0.426 e. The van der Waals surface area contributed by atoms with Crippen LogP contribution in [0.5, 0.6) is 5.75 Å². The van der Waals surface area contributed by atoms with Crippen molar-refractivity contribution >= 4 is 11.9 Å². The van der Waals surface area contributed by atoms with Crippen molar-refractivity contribution < 1.29 is 14.3 Å². The summed E-state index contributed by atoms with van der Waals surface area (Å²) < 4.78 is 5.01. The van der Waals surface area contributed by atoms with E-state index >= 15 is 0 Å². The predicted octanol–water partition coefficient (Wildman–Crippen LogP) is 2.53. The molecule has 0 spiro atoms. The van der Waals surface area contributed by atoms with Crippen LogP contribution in [0.3, 0.4) is 0 Å². The zero-order valence-corrected chi connectivity index (χ0v) is 11.0. The number of rotatable bonds is 5. The Morgan fingerprint density at radius 3 is 2.61 bits per heavy atom. The second-order valence-electron chi connectivity index (χ2n) is 4.25. The van der Waals surface area contributed by atoms with Crippen molar-refractivity contribution in [1.29, 1.82) is 0 Å². The number of ether oxygens (including phenoxy) is 1. The zero-order valence-electron chi connectivity index (χ0n) is 11.0. The van der Waals surface area contributed by atoms with Crippen LogP contribution in [0.1, 0.15) is 44.0 Å². The van der Waals surface area contributed by atoms with Gasteiger partial charge in [0.2, 0.25) is 0 Å². The summed E-state index contributed by atoms with van der Waals surface area (Å²) in [6.45, 7) is 5.33. The Bertz CT molecular complexity index is 429. The first kappa shape index (κ1) is 14.2. The number of amides is 1. The van der Waals surface area contributed by atoms with E-state index in [9.17, 15) is 9.59 Å². The standard InChI is InChI=1S/C14H19NO3/c1-4-7-10(2)15-14(17)12-8-5-6-9-13(12)18-11(3)16/h5-6,8-10H,4,7H2,1-3H3,(H,15,17). The summed E-state index contributed by atoms with van der Waals surface area (Å²) in [5, 5.41) is 2.88. The molecule has 0 fully saturated rings. The molecule has 4 nitrogen and oxygen atoms in total. The van der Waals surface area contributed by atoms with Gasteiger partial charge in [-0.05, 0) is 25.5 Å². The Morgan fingerprint density at radius 1 is 1.33 bits per heavy atom. The van der Waals surface area contributed by atoms with Gasteiger partial charge < -0.3 is 10.1 Å². The molecule has 1 atom stereocenters. The first-order valence-corrected chi connectivity index (χ1v) is 6.13. The average Bonchev–Trinajstić information content (AvgIpc) is 2.28. The average molecular weight is 249 g/mol. The van der Waals surface area contributed by atoms with Crippen molar-refractivity contribution in [2.45, 2.75) is 39.7 Å². The van der Waals surface area contributed by atoms with E-state index in [1.807, 2.05) is 6.92 Å².